The number of hydrogen-bond donors (Lipinski definition) is 0. The van der Waals surface area contributed by atoms with E-state index in [0.29, 0.717) is 0 Å². The van der Waals surface area contributed by atoms with E-state index >= 15 is 0 Å². The highest BCUT2D eigenvalue weighted by molar-refractivity contribution is 14.1. The van der Waals surface area contributed by atoms with E-state index in [0.717, 1.165) is 0 Å². The molecule has 3 aromatic carbocycles. The van der Waals surface area contributed by atoms with Crippen LogP contribution in [0.3, 0.4) is 0 Å². The molecule has 0 radical (unpaired) electrons. The lowest BCUT2D eigenvalue weighted by atomic mass is 9.87. The largest absolute Gasteiger partial charge is 0.283 e. The molecule has 0 N–H and O–H groups in total. The van der Waals surface area contributed by atoms with Gasteiger partial charge in [0, 0.05) is 0 Å². The van der Waals surface area contributed by atoms with Crippen molar-refractivity contribution in [2.75, 3.05) is 3.11 Å². The summed E-state index contributed by atoms with van der Waals surface area (Å²) >= 11 is 2.37. The summed E-state index contributed by atoms with van der Waals surface area (Å²) in [6.45, 7) is 6.73. The van der Waals surface area contributed by atoms with Gasteiger partial charge in [-0.25, -0.2) is 0 Å². The second-order valence-corrected chi connectivity index (χ2v) is 7.96. The Morgan fingerprint density at radius 3 is 1.58 bits per heavy atom. The first-order chi connectivity index (χ1) is 11.4. The smallest absolute Gasteiger partial charge is 0.0646 e. The number of anilines is 2. The maximum Gasteiger partial charge on any atom is 0.0646 e. The summed E-state index contributed by atoms with van der Waals surface area (Å²) in [4.78, 5) is 0. The Labute approximate surface area is 158 Å². The third kappa shape index (κ3) is 3.81. The predicted octanol–water partition coefficient (Wildman–Crippen LogP) is 7.14. The first-order valence-corrected chi connectivity index (χ1v) is 9.13. The van der Waals surface area contributed by atoms with Gasteiger partial charge in [0.1, 0.15) is 0 Å². The van der Waals surface area contributed by atoms with E-state index in [1.54, 1.807) is 0 Å². The molecule has 0 spiro atoms. The van der Waals surface area contributed by atoms with Gasteiger partial charge in [-0.05, 0) is 46.4 Å². The van der Waals surface area contributed by atoms with E-state index in [2.05, 4.69) is 120 Å². The van der Waals surface area contributed by atoms with Crippen LogP contribution in [0.15, 0.2) is 78.9 Å². The molecule has 0 bridgehead atoms. The van der Waals surface area contributed by atoms with Crippen LogP contribution in [0, 0.1) is 0 Å². The van der Waals surface area contributed by atoms with Crippen molar-refractivity contribution in [2.45, 2.75) is 26.2 Å². The number of hydrogen-bond acceptors (Lipinski definition) is 1. The molecule has 1 nitrogen and oxygen atoms in total. The number of halogens is 1. The summed E-state index contributed by atoms with van der Waals surface area (Å²) in [7, 11) is 0. The number of benzene rings is 3. The maximum atomic E-state index is 2.37. The molecule has 0 aromatic heterocycles. The van der Waals surface area contributed by atoms with E-state index < -0.39 is 0 Å². The van der Waals surface area contributed by atoms with Crippen molar-refractivity contribution in [2.24, 2.45) is 0 Å². The maximum absolute atomic E-state index is 2.37. The minimum Gasteiger partial charge on any atom is -0.283 e. The Morgan fingerprint density at radius 2 is 1.08 bits per heavy atom. The zero-order chi connectivity index (χ0) is 17.2. The Balaban J connectivity index is 1.81. The topological polar surface area (TPSA) is 3.24 Å². The highest BCUT2D eigenvalue weighted by atomic mass is 127. The molecule has 0 heterocycles. The lowest BCUT2D eigenvalue weighted by molar-refractivity contribution is 0.590. The lowest BCUT2D eigenvalue weighted by Crippen LogP contribution is -2.11. The molecular weight excluding hydrogens is 405 g/mol. The van der Waals surface area contributed by atoms with Gasteiger partial charge < -0.3 is 0 Å². The van der Waals surface area contributed by atoms with Crippen molar-refractivity contribution in [3.8, 4) is 11.1 Å². The molecule has 122 valence electrons. The molecule has 0 unspecified atom stereocenters. The average Bonchev–Trinajstić information content (AvgIpc) is 2.61. The van der Waals surface area contributed by atoms with Gasteiger partial charge in [0.2, 0.25) is 0 Å². The molecule has 2 heteroatoms. The standard InChI is InChI=1S/C22H22IN/c1-22(2,3)19-11-15-21(16-12-19)24(23)20-13-9-18(10-14-20)17-7-5-4-6-8-17/h4-16H,1-3H3. The summed E-state index contributed by atoms with van der Waals surface area (Å²) < 4.78 is 2.19. The second-order valence-electron chi connectivity index (χ2n) is 6.99. The molecule has 0 fully saturated rings. The molecule has 3 aromatic rings. The Kier molecular flexibility index (Phi) is 4.95. The number of nitrogens with zero attached hydrogens (tertiary/aromatic N) is 1. The van der Waals surface area contributed by atoms with E-state index in [-0.39, 0.29) is 5.41 Å². The zero-order valence-corrected chi connectivity index (χ0v) is 16.5. The van der Waals surface area contributed by atoms with Gasteiger partial charge in [0.15, 0.2) is 0 Å². The summed E-state index contributed by atoms with van der Waals surface area (Å²) in [5, 5.41) is 0. The van der Waals surface area contributed by atoms with Crippen LogP contribution < -0.4 is 3.11 Å². The molecule has 0 saturated carbocycles. The molecule has 0 aliphatic heterocycles. The molecule has 0 saturated heterocycles. The summed E-state index contributed by atoms with van der Waals surface area (Å²) in [5.41, 5.74) is 6.41. The van der Waals surface area contributed by atoms with Crippen molar-refractivity contribution < 1.29 is 0 Å². The van der Waals surface area contributed by atoms with Crippen molar-refractivity contribution in [3.63, 3.8) is 0 Å². The lowest BCUT2D eigenvalue weighted by Gasteiger charge is -2.21. The molecule has 3 rings (SSSR count). The summed E-state index contributed by atoms with van der Waals surface area (Å²) in [5.74, 6) is 0. The molecular formula is C22H22IN. The van der Waals surface area contributed by atoms with Crippen LogP contribution in [0.4, 0.5) is 11.4 Å². The van der Waals surface area contributed by atoms with Crippen molar-refractivity contribution in [3.05, 3.63) is 84.4 Å². The fourth-order valence-corrected chi connectivity index (χ4v) is 3.30. The van der Waals surface area contributed by atoms with E-state index in [1.165, 1.54) is 28.1 Å². The van der Waals surface area contributed by atoms with Crippen molar-refractivity contribution >= 4 is 34.2 Å². The average molecular weight is 427 g/mol. The summed E-state index contributed by atoms with van der Waals surface area (Å²) in [6.07, 6.45) is 0. The van der Waals surface area contributed by atoms with Gasteiger partial charge in [-0.3, -0.25) is 3.11 Å². The van der Waals surface area contributed by atoms with Crippen LogP contribution in [0.2, 0.25) is 0 Å². The third-order valence-corrected chi connectivity index (χ3v) is 5.28. The van der Waals surface area contributed by atoms with Crippen LogP contribution in [-0.4, -0.2) is 0 Å². The highest BCUT2D eigenvalue weighted by Gasteiger charge is 2.14. The highest BCUT2D eigenvalue weighted by Crippen LogP contribution is 2.33. The summed E-state index contributed by atoms with van der Waals surface area (Å²) in [6, 6.07) is 28.0. The SMILES string of the molecule is CC(C)(C)c1ccc(N(I)c2ccc(-c3ccccc3)cc2)cc1. The van der Waals surface area contributed by atoms with Gasteiger partial charge in [0.05, 0.1) is 34.2 Å². The quantitative estimate of drug-likeness (QED) is 0.317. The molecule has 0 aliphatic carbocycles. The van der Waals surface area contributed by atoms with Crippen LogP contribution in [0.25, 0.3) is 11.1 Å². The first kappa shape index (κ1) is 17.0. The Hall–Kier alpha value is -1.81. The van der Waals surface area contributed by atoms with Crippen molar-refractivity contribution in [1.29, 1.82) is 0 Å². The number of rotatable bonds is 3. The van der Waals surface area contributed by atoms with E-state index in [9.17, 15) is 0 Å². The minimum atomic E-state index is 0.186. The molecule has 0 aliphatic rings. The monoisotopic (exact) mass is 427 g/mol. The fourth-order valence-electron chi connectivity index (χ4n) is 2.66. The minimum absolute atomic E-state index is 0.186. The zero-order valence-electron chi connectivity index (χ0n) is 14.3. The first-order valence-electron chi connectivity index (χ1n) is 8.17. The molecule has 0 atom stereocenters. The van der Waals surface area contributed by atoms with Gasteiger partial charge >= 0.3 is 0 Å². The molecule has 24 heavy (non-hydrogen) atoms. The van der Waals surface area contributed by atoms with Crippen LogP contribution >= 0.6 is 22.9 Å². The Morgan fingerprint density at radius 1 is 0.625 bits per heavy atom. The Bertz CT molecular complexity index is 784. The normalized spacial score (nSPS) is 11.3. The third-order valence-electron chi connectivity index (χ3n) is 4.16. The van der Waals surface area contributed by atoms with E-state index in [1.807, 2.05) is 6.07 Å². The van der Waals surface area contributed by atoms with Gasteiger partial charge in [0.25, 0.3) is 0 Å². The fraction of sp³-hybridized carbons (Fsp3) is 0.182. The second kappa shape index (κ2) is 6.98. The van der Waals surface area contributed by atoms with Gasteiger partial charge in [-0.15, -0.1) is 0 Å². The van der Waals surface area contributed by atoms with Crippen molar-refractivity contribution in [1.82, 2.24) is 0 Å². The predicted molar refractivity (Wildman–Crippen MR) is 113 cm³/mol. The van der Waals surface area contributed by atoms with Gasteiger partial charge in [-0.1, -0.05) is 75.4 Å². The van der Waals surface area contributed by atoms with Gasteiger partial charge in [-0.2, -0.15) is 0 Å². The molecule has 0 amide bonds. The van der Waals surface area contributed by atoms with Crippen LogP contribution in [0.5, 0.6) is 0 Å². The van der Waals surface area contributed by atoms with Crippen LogP contribution in [0.1, 0.15) is 26.3 Å². The van der Waals surface area contributed by atoms with Crippen LogP contribution in [-0.2, 0) is 5.41 Å². The van der Waals surface area contributed by atoms with E-state index in [4.69, 9.17) is 0 Å².